The first-order valence-electron chi connectivity index (χ1n) is 6.98. The zero-order valence-electron chi connectivity index (χ0n) is 12.2. The van der Waals surface area contributed by atoms with E-state index in [-0.39, 0.29) is 5.69 Å². The number of rotatable bonds is 7. The minimum absolute atomic E-state index is 0.00361. The highest BCUT2D eigenvalue weighted by Gasteiger charge is 2.09. The third-order valence-corrected chi connectivity index (χ3v) is 3.92. The van der Waals surface area contributed by atoms with Gasteiger partial charge in [-0.1, -0.05) is 31.0 Å². The molecule has 0 unspecified atom stereocenters. The lowest BCUT2D eigenvalue weighted by Crippen LogP contribution is -2.22. The summed E-state index contributed by atoms with van der Waals surface area (Å²) in [5.74, 6) is -0.389. The minimum atomic E-state index is -1.24. The monoisotopic (exact) mass is 304 g/mol. The predicted octanol–water partition coefficient (Wildman–Crippen LogP) is 2.58. The Morgan fingerprint density at radius 1 is 1.43 bits per heavy atom. The number of aryl methyl sites for hydroxylation is 1. The lowest BCUT2D eigenvalue weighted by atomic mass is 10.1. The highest BCUT2D eigenvalue weighted by atomic mass is 32.1. The van der Waals surface area contributed by atoms with Crippen molar-refractivity contribution in [1.29, 1.82) is 0 Å². The van der Waals surface area contributed by atoms with Gasteiger partial charge >= 0.3 is 0 Å². The first kappa shape index (κ1) is 15.5. The van der Waals surface area contributed by atoms with E-state index in [4.69, 9.17) is 4.74 Å². The summed E-state index contributed by atoms with van der Waals surface area (Å²) in [6.07, 6.45) is 2.67. The van der Waals surface area contributed by atoms with Gasteiger partial charge in [0.05, 0.1) is 23.3 Å². The summed E-state index contributed by atoms with van der Waals surface area (Å²) >= 11 is 1.33. The normalized spacial score (nSPS) is 10.6. The van der Waals surface area contributed by atoms with Gasteiger partial charge in [-0.05, 0) is 19.4 Å². The van der Waals surface area contributed by atoms with E-state index in [1.54, 1.807) is 0 Å². The Kier molecular flexibility index (Phi) is 5.33. The SMILES string of the molecule is CCCCOc1ccc(C)cc1Cc1nc(C(=O)[O-])cs1. The molecule has 0 radical (unpaired) electrons. The van der Waals surface area contributed by atoms with E-state index in [0.29, 0.717) is 13.0 Å². The molecule has 0 spiro atoms. The summed E-state index contributed by atoms with van der Waals surface area (Å²) in [7, 11) is 0. The number of nitrogens with zero attached hydrogens (tertiary/aromatic N) is 1. The van der Waals surface area contributed by atoms with Gasteiger partial charge < -0.3 is 14.6 Å². The van der Waals surface area contributed by atoms with Crippen LogP contribution in [0.25, 0.3) is 0 Å². The van der Waals surface area contributed by atoms with Crippen molar-refractivity contribution in [3.63, 3.8) is 0 Å². The van der Waals surface area contributed by atoms with Crippen molar-refractivity contribution >= 4 is 17.3 Å². The summed E-state index contributed by atoms with van der Waals surface area (Å²) < 4.78 is 5.81. The minimum Gasteiger partial charge on any atom is -0.543 e. The van der Waals surface area contributed by atoms with E-state index in [9.17, 15) is 9.90 Å². The summed E-state index contributed by atoms with van der Waals surface area (Å²) in [6.45, 7) is 4.83. The van der Waals surface area contributed by atoms with Crippen molar-refractivity contribution in [2.24, 2.45) is 0 Å². The fourth-order valence-electron chi connectivity index (χ4n) is 1.96. The van der Waals surface area contributed by atoms with Gasteiger partial charge in [0.1, 0.15) is 5.75 Å². The van der Waals surface area contributed by atoms with Gasteiger partial charge in [0.25, 0.3) is 0 Å². The molecule has 1 aromatic carbocycles. The average molecular weight is 304 g/mol. The Hall–Kier alpha value is -1.88. The predicted molar refractivity (Wildman–Crippen MR) is 80.8 cm³/mol. The lowest BCUT2D eigenvalue weighted by Gasteiger charge is -2.11. The largest absolute Gasteiger partial charge is 0.543 e. The number of aromatic carboxylic acids is 1. The molecule has 0 aliphatic heterocycles. The number of hydrogen-bond acceptors (Lipinski definition) is 5. The standard InChI is InChI=1S/C16H19NO3S/c1-3-4-7-20-14-6-5-11(2)8-12(14)9-15-17-13(10-21-15)16(18)19/h5-6,8,10H,3-4,7,9H2,1-2H3,(H,18,19)/p-1. The molecule has 4 nitrogen and oxygen atoms in total. The van der Waals surface area contributed by atoms with Crippen molar-refractivity contribution in [2.75, 3.05) is 6.61 Å². The smallest absolute Gasteiger partial charge is 0.122 e. The van der Waals surface area contributed by atoms with E-state index in [1.165, 1.54) is 16.7 Å². The number of ether oxygens (including phenoxy) is 1. The van der Waals surface area contributed by atoms with E-state index in [0.717, 1.165) is 34.7 Å². The Bertz CT molecular complexity index is 622. The van der Waals surface area contributed by atoms with Gasteiger partial charge in [-0.2, -0.15) is 0 Å². The Morgan fingerprint density at radius 3 is 2.90 bits per heavy atom. The lowest BCUT2D eigenvalue weighted by molar-refractivity contribution is -0.255. The van der Waals surface area contributed by atoms with Gasteiger partial charge in [-0.3, -0.25) is 0 Å². The molecule has 0 aliphatic carbocycles. The maximum Gasteiger partial charge on any atom is 0.122 e. The summed E-state index contributed by atoms with van der Waals surface area (Å²) in [6, 6.07) is 6.04. The van der Waals surface area contributed by atoms with E-state index >= 15 is 0 Å². The maximum atomic E-state index is 10.8. The topological polar surface area (TPSA) is 62.2 Å². The third-order valence-electron chi connectivity index (χ3n) is 3.07. The van der Waals surface area contributed by atoms with Gasteiger partial charge in [-0.15, -0.1) is 11.3 Å². The molecular weight excluding hydrogens is 286 g/mol. The molecule has 0 atom stereocenters. The second-order valence-electron chi connectivity index (χ2n) is 4.90. The van der Waals surface area contributed by atoms with Crippen molar-refractivity contribution < 1.29 is 14.6 Å². The van der Waals surface area contributed by atoms with Crippen LogP contribution in [0, 0.1) is 6.92 Å². The Labute approximate surface area is 128 Å². The molecule has 0 fully saturated rings. The van der Waals surface area contributed by atoms with Crippen molar-refractivity contribution in [3.05, 3.63) is 45.4 Å². The zero-order valence-corrected chi connectivity index (χ0v) is 13.0. The van der Waals surface area contributed by atoms with E-state index in [2.05, 4.69) is 18.0 Å². The molecule has 1 aromatic heterocycles. The number of aromatic nitrogens is 1. The van der Waals surface area contributed by atoms with Crippen LogP contribution in [-0.4, -0.2) is 17.6 Å². The van der Waals surface area contributed by atoms with Crippen LogP contribution in [0.4, 0.5) is 0 Å². The first-order valence-corrected chi connectivity index (χ1v) is 7.86. The van der Waals surface area contributed by atoms with Crippen LogP contribution in [0.2, 0.25) is 0 Å². The van der Waals surface area contributed by atoms with Crippen LogP contribution in [-0.2, 0) is 6.42 Å². The molecule has 112 valence electrons. The fourth-order valence-corrected chi connectivity index (χ4v) is 2.75. The van der Waals surface area contributed by atoms with Gasteiger partial charge in [0, 0.05) is 17.4 Å². The Morgan fingerprint density at radius 2 is 2.24 bits per heavy atom. The number of carboxylic acids is 1. The number of carboxylic acid groups (broad SMARTS) is 1. The number of carbonyl (C=O) groups is 1. The Balaban J connectivity index is 2.16. The van der Waals surface area contributed by atoms with Crippen molar-refractivity contribution in [2.45, 2.75) is 33.1 Å². The third kappa shape index (κ3) is 4.29. The molecule has 1 heterocycles. The van der Waals surface area contributed by atoms with Crippen LogP contribution in [0.15, 0.2) is 23.6 Å². The molecule has 2 aromatic rings. The highest BCUT2D eigenvalue weighted by molar-refractivity contribution is 7.09. The molecule has 0 saturated heterocycles. The van der Waals surface area contributed by atoms with E-state index in [1.807, 2.05) is 19.1 Å². The van der Waals surface area contributed by atoms with Crippen LogP contribution >= 0.6 is 11.3 Å². The number of hydrogen-bond donors (Lipinski definition) is 0. The quantitative estimate of drug-likeness (QED) is 0.738. The molecule has 21 heavy (non-hydrogen) atoms. The number of thiazole rings is 1. The zero-order chi connectivity index (χ0) is 15.2. The van der Waals surface area contributed by atoms with Crippen LogP contribution in [0.3, 0.4) is 0 Å². The van der Waals surface area contributed by atoms with Crippen molar-refractivity contribution in [1.82, 2.24) is 4.98 Å². The average Bonchev–Trinajstić information content (AvgIpc) is 2.90. The fraction of sp³-hybridized carbons (Fsp3) is 0.375. The summed E-state index contributed by atoms with van der Waals surface area (Å²) in [5.41, 5.74) is 2.17. The van der Waals surface area contributed by atoms with Crippen LogP contribution < -0.4 is 9.84 Å². The maximum absolute atomic E-state index is 10.8. The van der Waals surface area contributed by atoms with Crippen LogP contribution in [0.1, 0.15) is 46.4 Å². The molecule has 2 rings (SSSR count). The van der Waals surface area contributed by atoms with Crippen LogP contribution in [0.5, 0.6) is 5.75 Å². The summed E-state index contributed by atoms with van der Waals surface area (Å²) in [4.78, 5) is 14.8. The molecule has 0 amide bonds. The second kappa shape index (κ2) is 7.22. The first-order chi connectivity index (χ1) is 10.1. The molecule has 5 heteroatoms. The number of benzene rings is 1. The molecule has 0 bridgehead atoms. The van der Waals surface area contributed by atoms with E-state index < -0.39 is 5.97 Å². The highest BCUT2D eigenvalue weighted by Crippen LogP contribution is 2.25. The molecule has 0 aliphatic rings. The van der Waals surface area contributed by atoms with Gasteiger partial charge in [0.15, 0.2) is 0 Å². The molecule has 0 saturated carbocycles. The number of carbonyl (C=O) groups excluding carboxylic acids is 1. The van der Waals surface area contributed by atoms with Gasteiger partial charge in [-0.25, -0.2) is 4.98 Å². The summed E-state index contributed by atoms with van der Waals surface area (Å²) in [5, 5.41) is 13.0. The molecule has 0 N–H and O–H groups in total. The van der Waals surface area contributed by atoms with Crippen molar-refractivity contribution in [3.8, 4) is 5.75 Å². The molecular formula is C16H18NO3S-. The number of unbranched alkanes of at least 4 members (excludes halogenated alkanes) is 1. The second-order valence-corrected chi connectivity index (χ2v) is 5.85. The van der Waals surface area contributed by atoms with Gasteiger partial charge in [0.2, 0.25) is 0 Å².